The van der Waals surface area contributed by atoms with Crippen molar-refractivity contribution < 1.29 is 18.3 Å². The molecule has 5 heteroatoms. The molecule has 0 radical (unpaired) electrons. The van der Waals surface area contributed by atoms with Gasteiger partial charge in [0.25, 0.3) is 0 Å². The van der Waals surface area contributed by atoms with Crippen LogP contribution in [0, 0.1) is 11.6 Å². The van der Waals surface area contributed by atoms with Crippen LogP contribution in [0.3, 0.4) is 0 Å². The first-order valence-corrected chi connectivity index (χ1v) is 6.25. The number of para-hydroxylation sites is 1. The zero-order valence-corrected chi connectivity index (χ0v) is 11.1. The molecule has 1 N–H and O–H groups in total. The Morgan fingerprint density at radius 3 is 2.62 bits per heavy atom. The van der Waals surface area contributed by atoms with Crippen LogP contribution in [0.5, 0.6) is 5.75 Å². The number of carbonyl (C=O) groups excluding carboxylic acids is 1. The number of aromatic amines is 1. The lowest BCUT2D eigenvalue weighted by atomic mass is 10.1. The van der Waals surface area contributed by atoms with Crippen molar-refractivity contribution in [1.29, 1.82) is 0 Å². The Labute approximate surface area is 119 Å². The first-order valence-electron chi connectivity index (χ1n) is 6.25. The minimum absolute atomic E-state index is 0.384. The first-order chi connectivity index (χ1) is 10.2. The minimum Gasteiger partial charge on any atom is -0.495 e. The number of fused-ring (bicyclic) bond motifs is 1. The summed E-state index contributed by atoms with van der Waals surface area (Å²) in [6.45, 7) is 0. The van der Waals surface area contributed by atoms with E-state index in [1.165, 1.54) is 13.2 Å². The van der Waals surface area contributed by atoms with E-state index in [-0.39, 0.29) is 0 Å². The van der Waals surface area contributed by atoms with Gasteiger partial charge in [-0.1, -0.05) is 12.1 Å². The normalized spacial score (nSPS) is 10.8. The van der Waals surface area contributed by atoms with E-state index in [0.717, 1.165) is 12.1 Å². The topological polar surface area (TPSA) is 42.1 Å². The number of hydrogen-bond acceptors (Lipinski definition) is 2. The van der Waals surface area contributed by atoms with Crippen LogP contribution in [0.1, 0.15) is 10.4 Å². The van der Waals surface area contributed by atoms with Gasteiger partial charge in [-0.15, -0.1) is 0 Å². The van der Waals surface area contributed by atoms with Gasteiger partial charge in [0.1, 0.15) is 5.75 Å². The van der Waals surface area contributed by atoms with Gasteiger partial charge in [-0.2, -0.15) is 0 Å². The van der Waals surface area contributed by atoms with E-state index in [2.05, 4.69) is 4.98 Å². The second-order valence-corrected chi connectivity index (χ2v) is 4.54. The molecular formula is C16H11F2NO2. The van der Waals surface area contributed by atoms with Crippen LogP contribution in [0.15, 0.2) is 36.4 Å². The first kappa shape index (κ1) is 13.3. The van der Waals surface area contributed by atoms with E-state index < -0.39 is 11.6 Å². The molecule has 3 rings (SSSR count). The molecule has 0 amide bonds. The van der Waals surface area contributed by atoms with Gasteiger partial charge in [-0.3, -0.25) is 4.79 Å². The molecule has 3 nitrogen and oxygen atoms in total. The highest BCUT2D eigenvalue weighted by atomic mass is 19.2. The number of aldehydes is 1. The average molecular weight is 287 g/mol. The third kappa shape index (κ3) is 2.07. The van der Waals surface area contributed by atoms with Crippen molar-refractivity contribution in [3.05, 3.63) is 53.6 Å². The van der Waals surface area contributed by atoms with E-state index >= 15 is 0 Å². The summed E-state index contributed by atoms with van der Waals surface area (Å²) < 4.78 is 31.7. The molecule has 0 aliphatic carbocycles. The molecule has 0 saturated carbocycles. The van der Waals surface area contributed by atoms with E-state index in [1.54, 1.807) is 18.2 Å². The predicted octanol–water partition coefficient (Wildman–Crippen LogP) is 3.93. The Morgan fingerprint density at radius 1 is 1.14 bits per heavy atom. The zero-order valence-electron chi connectivity index (χ0n) is 11.1. The SMILES string of the molecule is COc1cccc2c(C=O)c(-c3ccc(F)c(F)c3)[nH]c12. The Bertz CT molecular complexity index is 840. The standard InChI is InChI=1S/C16H11F2NO2/c1-21-14-4-2-3-10-11(8-20)15(19-16(10)14)9-5-6-12(17)13(18)7-9/h2-8,19H,1H3. The lowest BCUT2D eigenvalue weighted by molar-refractivity contribution is 0.112. The largest absolute Gasteiger partial charge is 0.495 e. The smallest absolute Gasteiger partial charge is 0.159 e. The molecule has 0 saturated heterocycles. The van der Waals surface area contributed by atoms with Crippen LogP contribution in [0.25, 0.3) is 22.2 Å². The predicted molar refractivity (Wildman–Crippen MR) is 75.6 cm³/mol. The number of carbonyl (C=O) groups is 1. The Morgan fingerprint density at radius 2 is 1.95 bits per heavy atom. The van der Waals surface area contributed by atoms with Gasteiger partial charge in [0.2, 0.25) is 0 Å². The third-order valence-corrected chi connectivity index (χ3v) is 3.38. The van der Waals surface area contributed by atoms with Crippen LogP contribution < -0.4 is 4.74 Å². The summed E-state index contributed by atoms with van der Waals surface area (Å²) in [6.07, 6.45) is 0.689. The van der Waals surface area contributed by atoms with Crippen molar-refractivity contribution in [2.24, 2.45) is 0 Å². The molecule has 0 fully saturated rings. The molecule has 0 unspecified atom stereocenters. The van der Waals surface area contributed by atoms with Gasteiger partial charge in [-0.25, -0.2) is 8.78 Å². The zero-order chi connectivity index (χ0) is 15.0. The molecule has 0 aliphatic rings. The molecule has 1 aromatic heterocycles. The van der Waals surface area contributed by atoms with Gasteiger partial charge in [0.05, 0.1) is 18.3 Å². The summed E-state index contributed by atoms with van der Waals surface area (Å²) >= 11 is 0. The molecule has 106 valence electrons. The van der Waals surface area contributed by atoms with Crippen molar-refractivity contribution >= 4 is 17.2 Å². The Kier molecular flexibility index (Phi) is 3.17. The van der Waals surface area contributed by atoms with E-state index in [0.29, 0.717) is 39.8 Å². The quantitative estimate of drug-likeness (QED) is 0.741. The number of aromatic nitrogens is 1. The fourth-order valence-electron chi connectivity index (χ4n) is 2.38. The second-order valence-electron chi connectivity index (χ2n) is 4.54. The van der Waals surface area contributed by atoms with Crippen molar-refractivity contribution in [3.8, 4) is 17.0 Å². The summed E-state index contributed by atoms with van der Waals surface area (Å²) in [5, 5.41) is 0.670. The number of H-pyrrole nitrogens is 1. The monoisotopic (exact) mass is 287 g/mol. The molecule has 1 heterocycles. The Balaban J connectivity index is 2.31. The molecule has 0 spiro atoms. The average Bonchev–Trinajstić information content (AvgIpc) is 2.88. The van der Waals surface area contributed by atoms with Crippen LogP contribution >= 0.6 is 0 Å². The summed E-state index contributed by atoms with van der Waals surface area (Å²) in [4.78, 5) is 14.5. The van der Waals surface area contributed by atoms with E-state index in [4.69, 9.17) is 4.74 Å². The number of benzene rings is 2. The third-order valence-electron chi connectivity index (χ3n) is 3.38. The summed E-state index contributed by atoms with van der Waals surface area (Å²) in [5.74, 6) is -1.32. The molecule has 0 bridgehead atoms. The van der Waals surface area contributed by atoms with Crippen molar-refractivity contribution in [3.63, 3.8) is 0 Å². The highest BCUT2D eigenvalue weighted by Gasteiger charge is 2.16. The van der Waals surface area contributed by atoms with Crippen molar-refractivity contribution in [2.75, 3.05) is 7.11 Å². The Hall–Kier alpha value is -2.69. The molecule has 0 atom stereocenters. The highest BCUT2D eigenvalue weighted by molar-refractivity contribution is 6.06. The number of rotatable bonds is 3. The van der Waals surface area contributed by atoms with Crippen LogP contribution in [-0.4, -0.2) is 18.4 Å². The fourth-order valence-corrected chi connectivity index (χ4v) is 2.38. The molecule has 2 aromatic carbocycles. The summed E-state index contributed by atoms with van der Waals surface area (Å²) in [7, 11) is 1.52. The van der Waals surface area contributed by atoms with Crippen molar-refractivity contribution in [2.45, 2.75) is 0 Å². The van der Waals surface area contributed by atoms with Gasteiger partial charge in [0, 0.05) is 16.5 Å². The molecule has 0 aliphatic heterocycles. The molecule has 3 aromatic rings. The molecule has 21 heavy (non-hydrogen) atoms. The van der Waals surface area contributed by atoms with Gasteiger partial charge in [-0.05, 0) is 24.3 Å². The maximum absolute atomic E-state index is 13.4. The maximum Gasteiger partial charge on any atom is 0.159 e. The lowest BCUT2D eigenvalue weighted by Gasteiger charge is -2.01. The van der Waals surface area contributed by atoms with Gasteiger partial charge >= 0.3 is 0 Å². The van der Waals surface area contributed by atoms with Crippen LogP contribution in [-0.2, 0) is 0 Å². The number of methoxy groups -OCH3 is 1. The molecular weight excluding hydrogens is 276 g/mol. The summed E-state index contributed by atoms with van der Waals surface area (Å²) in [5.41, 5.74) is 1.86. The van der Waals surface area contributed by atoms with Gasteiger partial charge in [0.15, 0.2) is 17.9 Å². The van der Waals surface area contributed by atoms with E-state index in [1.807, 2.05) is 0 Å². The van der Waals surface area contributed by atoms with Crippen LogP contribution in [0.2, 0.25) is 0 Å². The van der Waals surface area contributed by atoms with Crippen molar-refractivity contribution in [1.82, 2.24) is 4.98 Å². The van der Waals surface area contributed by atoms with E-state index in [9.17, 15) is 13.6 Å². The van der Waals surface area contributed by atoms with Crippen LogP contribution in [0.4, 0.5) is 8.78 Å². The maximum atomic E-state index is 13.4. The number of hydrogen-bond donors (Lipinski definition) is 1. The highest BCUT2D eigenvalue weighted by Crippen LogP contribution is 2.34. The lowest BCUT2D eigenvalue weighted by Crippen LogP contribution is -1.88. The fraction of sp³-hybridized carbons (Fsp3) is 0.0625. The number of halogens is 2. The minimum atomic E-state index is -0.963. The van der Waals surface area contributed by atoms with Gasteiger partial charge < -0.3 is 9.72 Å². The second kappa shape index (κ2) is 5.01. The number of nitrogens with one attached hydrogen (secondary N) is 1. The number of ether oxygens (including phenoxy) is 1. The summed E-state index contributed by atoms with van der Waals surface area (Å²) in [6, 6.07) is 8.78.